The van der Waals surface area contributed by atoms with Crippen LogP contribution in [0.1, 0.15) is 12.1 Å². The molecule has 2 rings (SSSR count). The molecule has 0 atom stereocenters. The van der Waals surface area contributed by atoms with E-state index in [1.165, 1.54) is 22.8 Å². The molecule has 0 amide bonds. The van der Waals surface area contributed by atoms with Crippen molar-refractivity contribution in [2.24, 2.45) is 0 Å². The van der Waals surface area contributed by atoms with Crippen LogP contribution in [0.15, 0.2) is 4.90 Å². The highest BCUT2D eigenvalue weighted by Gasteiger charge is 2.14. The van der Waals surface area contributed by atoms with E-state index in [1.54, 1.807) is 11.8 Å². The molecule has 0 aromatic carbocycles. The number of H-pyrrole nitrogens is 1. The molecule has 10 heavy (non-hydrogen) atoms. The Morgan fingerprint density at radius 3 is 3.30 bits per heavy atom. The van der Waals surface area contributed by atoms with Gasteiger partial charge in [-0.15, -0.1) is 11.8 Å². The van der Waals surface area contributed by atoms with E-state index in [0.29, 0.717) is 5.82 Å². The highest BCUT2D eigenvalue weighted by atomic mass is 32.2. The maximum atomic E-state index is 5.60. The van der Waals surface area contributed by atoms with Crippen molar-refractivity contribution < 1.29 is 0 Å². The van der Waals surface area contributed by atoms with Crippen molar-refractivity contribution in [1.82, 2.24) is 10.2 Å². The Labute approximate surface area is 63.4 Å². The lowest BCUT2D eigenvalue weighted by Crippen LogP contribution is -1.97. The number of anilines is 1. The number of fused-ring (bicyclic) bond motifs is 1. The van der Waals surface area contributed by atoms with E-state index in [4.69, 9.17) is 5.73 Å². The van der Waals surface area contributed by atoms with Gasteiger partial charge in [0.25, 0.3) is 0 Å². The van der Waals surface area contributed by atoms with Crippen LogP contribution in [0, 0.1) is 0 Å². The van der Waals surface area contributed by atoms with Crippen molar-refractivity contribution in [3.63, 3.8) is 0 Å². The molecule has 0 radical (unpaired) electrons. The first-order valence-electron chi connectivity index (χ1n) is 3.33. The number of rotatable bonds is 0. The number of nitrogens with zero attached hydrogens (tertiary/aromatic N) is 1. The monoisotopic (exact) mass is 155 g/mol. The summed E-state index contributed by atoms with van der Waals surface area (Å²) in [7, 11) is 0. The third kappa shape index (κ3) is 0.794. The molecule has 0 fully saturated rings. The van der Waals surface area contributed by atoms with Gasteiger partial charge in [0, 0.05) is 0 Å². The van der Waals surface area contributed by atoms with Crippen molar-refractivity contribution in [3.8, 4) is 0 Å². The minimum atomic E-state index is 0.666. The quantitative estimate of drug-likeness (QED) is 0.588. The van der Waals surface area contributed by atoms with E-state index >= 15 is 0 Å². The van der Waals surface area contributed by atoms with E-state index in [-0.39, 0.29) is 0 Å². The van der Waals surface area contributed by atoms with Crippen molar-refractivity contribution in [2.75, 3.05) is 11.5 Å². The summed E-state index contributed by atoms with van der Waals surface area (Å²) in [6, 6.07) is 0. The van der Waals surface area contributed by atoms with E-state index in [9.17, 15) is 0 Å². The summed E-state index contributed by atoms with van der Waals surface area (Å²) in [5.74, 6) is 1.84. The van der Waals surface area contributed by atoms with E-state index in [0.717, 1.165) is 6.42 Å². The SMILES string of the molecule is Nc1n[nH]c2c1SCCC2. The highest BCUT2D eigenvalue weighted by molar-refractivity contribution is 7.99. The summed E-state index contributed by atoms with van der Waals surface area (Å²) in [5.41, 5.74) is 6.81. The third-order valence-electron chi connectivity index (χ3n) is 1.64. The topological polar surface area (TPSA) is 54.7 Å². The molecule has 0 bridgehead atoms. The molecule has 54 valence electrons. The van der Waals surface area contributed by atoms with Crippen LogP contribution in [0.4, 0.5) is 5.82 Å². The van der Waals surface area contributed by atoms with Crippen LogP contribution in [0.25, 0.3) is 0 Å². The van der Waals surface area contributed by atoms with Gasteiger partial charge in [0.1, 0.15) is 0 Å². The fraction of sp³-hybridized carbons (Fsp3) is 0.500. The van der Waals surface area contributed by atoms with Gasteiger partial charge in [-0.25, -0.2) is 0 Å². The van der Waals surface area contributed by atoms with Crippen LogP contribution in [0.2, 0.25) is 0 Å². The standard InChI is InChI=1S/C6H9N3S/c7-6-5-4(8-9-6)2-1-3-10-5/h1-3H2,(H3,7,8,9). The Balaban J connectivity index is 2.45. The summed E-state index contributed by atoms with van der Waals surface area (Å²) in [4.78, 5) is 1.17. The van der Waals surface area contributed by atoms with Gasteiger partial charge in [0.2, 0.25) is 0 Å². The molecule has 1 aromatic rings. The lowest BCUT2D eigenvalue weighted by molar-refractivity contribution is 0.846. The highest BCUT2D eigenvalue weighted by Crippen LogP contribution is 2.32. The minimum absolute atomic E-state index is 0.666. The molecule has 0 spiro atoms. The van der Waals surface area contributed by atoms with E-state index in [1.807, 2.05) is 0 Å². The van der Waals surface area contributed by atoms with Crippen LogP contribution in [-0.4, -0.2) is 16.0 Å². The normalized spacial score (nSPS) is 16.8. The van der Waals surface area contributed by atoms with Crippen LogP contribution in [0.5, 0.6) is 0 Å². The molecule has 0 saturated carbocycles. The fourth-order valence-corrected chi connectivity index (χ4v) is 2.15. The molecule has 0 aliphatic carbocycles. The molecular formula is C6H9N3S. The number of thioether (sulfide) groups is 1. The Hall–Kier alpha value is -0.640. The van der Waals surface area contributed by atoms with Crippen molar-refractivity contribution in [2.45, 2.75) is 17.7 Å². The largest absolute Gasteiger partial charge is 0.381 e. The van der Waals surface area contributed by atoms with Gasteiger partial charge in [-0.2, -0.15) is 5.10 Å². The molecule has 1 aliphatic heterocycles. The van der Waals surface area contributed by atoms with Crippen LogP contribution in [-0.2, 0) is 6.42 Å². The average Bonchev–Trinajstić information content (AvgIpc) is 2.34. The molecular weight excluding hydrogens is 146 g/mol. The maximum Gasteiger partial charge on any atom is 0.159 e. The second kappa shape index (κ2) is 2.20. The molecule has 1 aromatic heterocycles. The summed E-state index contributed by atoms with van der Waals surface area (Å²) < 4.78 is 0. The van der Waals surface area contributed by atoms with Gasteiger partial charge < -0.3 is 5.73 Å². The van der Waals surface area contributed by atoms with E-state index in [2.05, 4.69) is 10.2 Å². The van der Waals surface area contributed by atoms with Crippen LogP contribution in [0.3, 0.4) is 0 Å². The molecule has 4 heteroatoms. The third-order valence-corrected chi connectivity index (χ3v) is 2.87. The first kappa shape index (κ1) is 6.09. The number of nitrogens with one attached hydrogen (secondary N) is 1. The molecule has 2 heterocycles. The second-order valence-electron chi connectivity index (χ2n) is 2.37. The van der Waals surface area contributed by atoms with Crippen molar-refractivity contribution >= 4 is 17.6 Å². The number of aromatic nitrogens is 2. The molecule has 0 saturated heterocycles. The van der Waals surface area contributed by atoms with Crippen molar-refractivity contribution in [1.29, 1.82) is 0 Å². The number of nitrogen functional groups attached to an aromatic ring is 1. The second-order valence-corrected chi connectivity index (χ2v) is 3.47. The maximum absolute atomic E-state index is 5.60. The zero-order valence-electron chi connectivity index (χ0n) is 5.55. The Bertz CT molecular complexity index is 243. The van der Waals surface area contributed by atoms with Crippen LogP contribution < -0.4 is 5.73 Å². The minimum Gasteiger partial charge on any atom is -0.381 e. The smallest absolute Gasteiger partial charge is 0.159 e. The predicted molar refractivity (Wildman–Crippen MR) is 42.0 cm³/mol. The van der Waals surface area contributed by atoms with Gasteiger partial charge in [-0.3, -0.25) is 5.10 Å². The molecule has 0 unspecified atom stereocenters. The first-order chi connectivity index (χ1) is 4.88. The Morgan fingerprint density at radius 1 is 1.60 bits per heavy atom. The average molecular weight is 155 g/mol. The lowest BCUT2D eigenvalue weighted by atomic mass is 10.2. The number of hydrogen-bond donors (Lipinski definition) is 2. The summed E-state index contributed by atoms with van der Waals surface area (Å²) in [6.45, 7) is 0. The van der Waals surface area contributed by atoms with Gasteiger partial charge >= 0.3 is 0 Å². The summed E-state index contributed by atoms with van der Waals surface area (Å²) in [6.07, 6.45) is 2.34. The van der Waals surface area contributed by atoms with E-state index < -0.39 is 0 Å². The van der Waals surface area contributed by atoms with Crippen LogP contribution >= 0.6 is 11.8 Å². The van der Waals surface area contributed by atoms with Gasteiger partial charge in [0.05, 0.1) is 10.6 Å². The molecule has 3 nitrogen and oxygen atoms in total. The van der Waals surface area contributed by atoms with Gasteiger partial charge in [-0.05, 0) is 18.6 Å². The molecule has 1 aliphatic rings. The summed E-state index contributed by atoms with van der Waals surface area (Å²) in [5, 5.41) is 6.86. The summed E-state index contributed by atoms with van der Waals surface area (Å²) >= 11 is 1.80. The number of nitrogens with two attached hydrogens (primary N) is 1. The zero-order chi connectivity index (χ0) is 6.97. The number of hydrogen-bond acceptors (Lipinski definition) is 3. The number of aromatic amines is 1. The Morgan fingerprint density at radius 2 is 2.50 bits per heavy atom. The van der Waals surface area contributed by atoms with Gasteiger partial charge in [0.15, 0.2) is 5.82 Å². The Kier molecular flexibility index (Phi) is 1.34. The predicted octanol–water partition coefficient (Wildman–Crippen LogP) is 1.03. The molecule has 3 N–H and O–H groups in total. The van der Waals surface area contributed by atoms with Gasteiger partial charge in [-0.1, -0.05) is 0 Å². The lowest BCUT2D eigenvalue weighted by Gasteiger charge is -2.08. The zero-order valence-corrected chi connectivity index (χ0v) is 6.37. The number of aryl methyl sites for hydroxylation is 1. The fourth-order valence-electron chi connectivity index (χ4n) is 1.14. The first-order valence-corrected chi connectivity index (χ1v) is 4.32. The van der Waals surface area contributed by atoms with Crippen molar-refractivity contribution in [3.05, 3.63) is 5.69 Å².